The maximum absolute atomic E-state index is 12.1. The van der Waals surface area contributed by atoms with Crippen molar-refractivity contribution in [2.45, 2.75) is 6.61 Å². The molecule has 0 aliphatic heterocycles. The van der Waals surface area contributed by atoms with E-state index in [1.807, 2.05) is 36.0 Å². The molecule has 0 unspecified atom stereocenters. The molecule has 0 saturated heterocycles. The Hall–Kier alpha value is -2.63. The summed E-state index contributed by atoms with van der Waals surface area (Å²) in [4.78, 5) is 4.52. The molecule has 0 amide bonds. The Kier molecular flexibility index (Phi) is 3.43. The highest BCUT2D eigenvalue weighted by molar-refractivity contribution is 5.65. The Bertz CT molecular complexity index is 753. The number of pyridine rings is 1. The van der Waals surface area contributed by atoms with Gasteiger partial charge in [-0.05, 0) is 30.3 Å². The largest absolute Gasteiger partial charge is 0.435 e. The van der Waals surface area contributed by atoms with E-state index < -0.39 is 6.61 Å². The van der Waals surface area contributed by atoms with Crippen LogP contribution in [0.5, 0.6) is 5.75 Å². The minimum atomic E-state index is -2.81. The number of benzene rings is 1. The summed E-state index contributed by atoms with van der Waals surface area (Å²) in [6.07, 6.45) is 3.80. The quantitative estimate of drug-likeness (QED) is 0.797. The van der Waals surface area contributed by atoms with E-state index >= 15 is 0 Å². The zero-order chi connectivity index (χ0) is 14.8. The molecule has 6 heteroatoms. The molecule has 4 nitrogen and oxygen atoms in total. The van der Waals surface area contributed by atoms with Crippen molar-refractivity contribution in [1.82, 2.24) is 9.38 Å². The normalized spacial score (nSPS) is 11.0. The third kappa shape index (κ3) is 2.79. The molecule has 21 heavy (non-hydrogen) atoms. The molecule has 3 rings (SSSR count). The van der Waals surface area contributed by atoms with E-state index in [9.17, 15) is 8.78 Å². The van der Waals surface area contributed by atoms with Crippen LogP contribution in [0, 0.1) is 0 Å². The summed E-state index contributed by atoms with van der Waals surface area (Å²) in [6.45, 7) is -2.81. The topological polar surface area (TPSA) is 38.6 Å². The second-order valence-electron chi connectivity index (χ2n) is 4.46. The van der Waals surface area contributed by atoms with E-state index in [0.29, 0.717) is 0 Å². The first-order valence-electron chi connectivity index (χ1n) is 6.37. The number of anilines is 1. The van der Waals surface area contributed by atoms with Crippen molar-refractivity contribution >= 4 is 11.3 Å². The van der Waals surface area contributed by atoms with Crippen molar-refractivity contribution < 1.29 is 13.5 Å². The van der Waals surface area contributed by atoms with Gasteiger partial charge in [0.1, 0.15) is 11.4 Å². The summed E-state index contributed by atoms with van der Waals surface area (Å²) in [5.74, 6) is 0.134. The van der Waals surface area contributed by atoms with Gasteiger partial charge in [0.15, 0.2) is 0 Å². The smallest absolute Gasteiger partial charge is 0.387 e. The number of nitrogens with zero attached hydrogens (tertiary/aromatic N) is 2. The van der Waals surface area contributed by atoms with E-state index in [2.05, 4.69) is 15.0 Å². The van der Waals surface area contributed by atoms with Crippen molar-refractivity contribution in [2.75, 3.05) is 12.4 Å². The van der Waals surface area contributed by atoms with Crippen LogP contribution in [0.3, 0.4) is 0 Å². The standard InChI is InChI=1S/C15H13F2N3O/c1-18-11-6-7-20-9-13(19-14(20)8-11)10-2-4-12(5-3-10)21-15(16)17/h2-9,15,18H,1H3. The van der Waals surface area contributed by atoms with Crippen molar-refractivity contribution in [3.8, 4) is 17.0 Å². The van der Waals surface area contributed by atoms with Crippen LogP contribution in [0.15, 0.2) is 48.8 Å². The van der Waals surface area contributed by atoms with Crippen molar-refractivity contribution in [3.63, 3.8) is 0 Å². The number of aromatic nitrogens is 2. The van der Waals surface area contributed by atoms with Gasteiger partial charge in [-0.15, -0.1) is 0 Å². The maximum Gasteiger partial charge on any atom is 0.387 e. The van der Waals surface area contributed by atoms with Gasteiger partial charge < -0.3 is 14.5 Å². The van der Waals surface area contributed by atoms with E-state index in [0.717, 1.165) is 22.6 Å². The second-order valence-corrected chi connectivity index (χ2v) is 4.46. The van der Waals surface area contributed by atoms with Gasteiger partial charge in [0.2, 0.25) is 0 Å². The Morgan fingerprint density at radius 1 is 1.19 bits per heavy atom. The summed E-state index contributed by atoms with van der Waals surface area (Å²) in [6, 6.07) is 10.3. The Labute approximate surface area is 120 Å². The van der Waals surface area contributed by atoms with Gasteiger partial charge in [0.25, 0.3) is 0 Å². The maximum atomic E-state index is 12.1. The van der Waals surface area contributed by atoms with Crippen LogP contribution in [-0.2, 0) is 0 Å². The zero-order valence-electron chi connectivity index (χ0n) is 11.3. The van der Waals surface area contributed by atoms with Gasteiger partial charge in [-0.1, -0.05) is 0 Å². The Morgan fingerprint density at radius 2 is 1.95 bits per heavy atom. The third-order valence-electron chi connectivity index (χ3n) is 3.12. The van der Waals surface area contributed by atoms with Crippen molar-refractivity contribution in [2.24, 2.45) is 0 Å². The molecule has 0 atom stereocenters. The molecule has 1 N–H and O–H groups in total. The van der Waals surface area contributed by atoms with Gasteiger partial charge in [0, 0.05) is 36.8 Å². The first kappa shape index (κ1) is 13.4. The fraction of sp³-hybridized carbons (Fsp3) is 0.133. The van der Waals surface area contributed by atoms with Crippen LogP contribution in [0.4, 0.5) is 14.5 Å². The average Bonchev–Trinajstić information content (AvgIpc) is 2.90. The molecule has 1 aromatic carbocycles. The molecular weight excluding hydrogens is 276 g/mol. The fourth-order valence-electron chi connectivity index (χ4n) is 2.08. The highest BCUT2D eigenvalue weighted by Crippen LogP contribution is 2.23. The van der Waals surface area contributed by atoms with Gasteiger partial charge in [-0.2, -0.15) is 8.78 Å². The lowest BCUT2D eigenvalue weighted by molar-refractivity contribution is -0.0498. The highest BCUT2D eigenvalue weighted by Gasteiger charge is 2.07. The minimum absolute atomic E-state index is 0.134. The monoisotopic (exact) mass is 289 g/mol. The number of halogens is 2. The molecule has 0 bridgehead atoms. The first-order chi connectivity index (χ1) is 10.2. The highest BCUT2D eigenvalue weighted by atomic mass is 19.3. The molecule has 0 aliphatic rings. The number of hydrogen-bond donors (Lipinski definition) is 1. The summed E-state index contributed by atoms with van der Waals surface area (Å²) in [7, 11) is 1.84. The predicted octanol–water partition coefficient (Wildman–Crippen LogP) is 3.64. The number of fused-ring (bicyclic) bond motifs is 1. The van der Waals surface area contributed by atoms with Gasteiger partial charge in [0.05, 0.1) is 5.69 Å². The molecule has 0 saturated carbocycles. The SMILES string of the molecule is CNc1ccn2cc(-c3ccc(OC(F)F)cc3)nc2c1. The van der Waals surface area contributed by atoms with Crippen molar-refractivity contribution in [1.29, 1.82) is 0 Å². The average molecular weight is 289 g/mol. The minimum Gasteiger partial charge on any atom is -0.435 e. The number of ether oxygens (including phenoxy) is 1. The fourth-order valence-corrected chi connectivity index (χ4v) is 2.08. The van der Waals surface area contributed by atoms with E-state index in [1.54, 1.807) is 12.1 Å². The van der Waals surface area contributed by atoms with Crippen LogP contribution >= 0.6 is 0 Å². The lowest BCUT2D eigenvalue weighted by Gasteiger charge is -2.04. The van der Waals surface area contributed by atoms with Crippen LogP contribution in [0.2, 0.25) is 0 Å². The van der Waals surface area contributed by atoms with Crippen molar-refractivity contribution in [3.05, 3.63) is 48.8 Å². The third-order valence-corrected chi connectivity index (χ3v) is 3.12. The van der Waals surface area contributed by atoms with Gasteiger partial charge >= 0.3 is 6.61 Å². The summed E-state index contributed by atoms with van der Waals surface area (Å²) >= 11 is 0. The summed E-state index contributed by atoms with van der Waals surface area (Å²) in [5.41, 5.74) is 3.39. The molecule has 0 spiro atoms. The summed E-state index contributed by atoms with van der Waals surface area (Å²) in [5, 5.41) is 3.05. The zero-order valence-corrected chi connectivity index (χ0v) is 11.3. The molecule has 2 heterocycles. The number of alkyl halides is 2. The van der Waals surface area contributed by atoms with E-state index in [4.69, 9.17) is 0 Å². The molecular formula is C15H13F2N3O. The molecule has 0 radical (unpaired) electrons. The number of rotatable bonds is 4. The molecule has 0 fully saturated rings. The van der Waals surface area contributed by atoms with E-state index in [1.165, 1.54) is 12.1 Å². The second kappa shape index (κ2) is 5.40. The Balaban J connectivity index is 1.92. The first-order valence-corrected chi connectivity index (χ1v) is 6.37. The number of nitrogens with one attached hydrogen (secondary N) is 1. The van der Waals surface area contributed by atoms with Gasteiger partial charge in [-0.25, -0.2) is 4.98 Å². The van der Waals surface area contributed by atoms with Crippen LogP contribution in [-0.4, -0.2) is 23.0 Å². The lowest BCUT2D eigenvalue weighted by atomic mass is 10.2. The molecule has 0 aliphatic carbocycles. The summed E-state index contributed by atoms with van der Waals surface area (Å²) < 4.78 is 30.5. The van der Waals surface area contributed by atoms with Crippen LogP contribution < -0.4 is 10.1 Å². The van der Waals surface area contributed by atoms with E-state index in [-0.39, 0.29) is 5.75 Å². The van der Waals surface area contributed by atoms with Gasteiger partial charge in [-0.3, -0.25) is 0 Å². The molecule has 2 aromatic heterocycles. The number of imidazole rings is 1. The molecule has 3 aromatic rings. The lowest BCUT2D eigenvalue weighted by Crippen LogP contribution is -2.01. The Morgan fingerprint density at radius 3 is 2.62 bits per heavy atom. The molecule has 108 valence electrons. The number of hydrogen-bond acceptors (Lipinski definition) is 3. The van der Waals surface area contributed by atoms with Crippen LogP contribution in [0.25, 0.3) is 16.9 Å². The van der Waals surface area contributed by atoms with Crippen LogP contribution in [0.1, 0.15) is 0 Å². The predicted molar refractivity (Wildman–Crippen MR) is 76.8 cm³/mol.